The van der Waals surface area contributed by atoms with Gasteiger partial charge in [-0.1, -0.05) is 17.8 Å². The minimum absolute atomic E-state index is 0.490. The Balaban J connectivity index is 1.31. The molecule has 2 aliphatic rings. The van der Waals surface area contributed by atoms with Gasteiger partial charge >= 0.3 is 6.18 Å². The number of anilines is 1. The van der Waals surface area contributed by atoms with Gasteiger partial charge in [-0.05, 0) is 43.8 Å². The van der Waals surface area contributed by atoms with Crippen LogP contribution in [-0.2, 0) is 12.7 Å². The van der Waals surface area contributed by atoms with E-state index in [1.807, 2.05) is 18.6 Å². The highest BCUT2D eigenvalue weighted by atomic mass is 32.2. The van der Waals surface area contributed by atoms with Crippen molar-refractivity contribution in [3.8, 4) is 0 Å². The van der Waals surface area contributed by atoms with Gasteiger partial charge in [-0.15, -0.1) is 0 Å². The molecule has 31 heavy (non-hydrogen) atoms. The van der Waals surface area contributed by atoms with E-state index in [9.17, 15) is 13.2 Å². The second-order valence-electron chi connectivity index (χ2n) is 8.18. The molecule has 1 aromatic carbocycles. The summed E-state index contributed by atoms with van der Waals surface area (Å²) in [5, 5.41) is 0.791. The minimum atomic E-state index is -4.30. The molecule has 2 fully saturated rings. The fourth-order valence-electron chi connectivity index (χ4n) is 4.49. The van der Waals surface area contributed by atoms with Crippen LogP contribution < -0.4 is 4.90 Å². The molecule has 2 aliphatic heterocycles. The number of likely N-dealkylation sites (tertiary alicyclic amines) is 1. The monoisotopic (exact) mass is 451 g/mol. The first-order chi connectivity index (χ1) is 14.9. The van der Waals surface area contributed by atoms with Crippen molar-refractivity contribution in [3.63, 3.8) is 0 Å². The molecule has 0 saturated carbocycles. The number of hydrogen-bond donors (Lipinski definition) is 0. The van der Waals surface area contributed by atoms with E-state index in [1.54, 1.807) is 17.8 Å². The van der Waals surface area contributed by atoms with Gasteiger partial charge in [0.25, 0.3) is 0 Å². The Bertz CT molecular complexity index is 853. The predicted molar refractivity (Wildman–Crippen MR) is 117 cm³/mol. The minimum Gasteiger partial charge on any atom is -0.369 e. The highest BCUT2D eigenvalue weighted by Crippen LogP contribution is 2.32. The number of alkyl halides is 3. The van der Waals surface area contributed by atoms with E-state index in [1.165, 1.54) is 18.6 Å². The summed E-state index contributed by atoms with van der Waals surface area (Å²) in [6, 6.07) is 6.17. The molecule has 1 aromatic heterocycles. The molecular weight excluding hydrogens is 423 g/mol. The van der Waals surface area contributed by atoms with Crippen molar-refractivity contribution in [1.82, 2.24) is 19.8 Å². The number of rotatable bonds is 5. The van der Waals surface area contributed by atoms with Gasteiger partial charge in [0.05, 0.1) is 5.56 Å². The number of hydrogen-bond acceptors (Lipinski definition) is 6. The molecule has 168 valence electrons. The fraction of sp³-hybridized carbons (Fsp3) is 0.545. The molecular formula is C22H28F3N5S. The Hall–Kier alpha value is -1.84. The quantitative estimate of drug-likeness (QED) is 0.505. The highest BCUT2D eigenvalue weighted by Gasteiger charge is 2.32. The van der Waals surface area contributed by atoms with Gasteiger partial charge < -0.3 is 4.90 Å². The molecule has 0 bridgehead atoms. The van der Waals surface area contributed by atoms with Crippen molar-refractivity contribution in [1.29, 1.82) is 0 Å². The Morgan fingerprint density at radius 3 is 2.48 bits per heavy atom. The molecule has 2 aromatic rings. The van der Waals surface area contributed by atoms with E-state index in [2.05, 4.69) is 24.7 Å². The van der Waals surface area contributed by atoms with Crippen LogP contribution in [0.25, 0.3) is 0 Å². The summed E-state index contributed by atoms with van der Waals surface area (Å²) < 4.78 is 39.1. The van der Waals surface area contributed by atoms with Gasteiger partial charge in [0.2, 0.25) is 0 Å². The normalized spacial score (nSPS) is 21.4. The average molecular weight is 452 g/mol. The maximum Gasteiger partial charge on any atom is 0.416 e. The van der Waals surface area contributed by atoms with Gasteiger partial charge in [0.15, 0.2) is 5.16 Å². The molecule has 2 saturated heterocycles. The molecule has 9 heteroatoms. The summed E-state index contributed by atoms with van der Waals surface area (Å²) in [6.07, 6.45) is 3.82. The Kier molecular flexibility index (Phi) is 7.03. The number of halogens is 3. The van der Waals surface area contributed by atoms with Crippen LogP contribution in [0, 0.1) is 0 Å². The third-order valence-corrected chi connectivity index (χ3v) is 6.70. The van der Waals surface area contributed by atoms with Gasteiger partial charge in [0, 0.05) is 69.0 Å². The molecule has 5 nitrogen and oxygen atoms in total. The maximum absolute atomic E-state index is 13.0. The van der Waals surface area contributed by atoms with Crippen LogP contribution in [0.3, 0.4) is 0 Å². The Morgan fingerprint density at radius 2 is 1.81 bits per heavy atom. The number of benzene rings is 1. The molecule has 0 N–H and O–H groups in total. The van der Waals surface area contributed by atoms with Crippen molar-refractivity contribution >= 4 is 17.4 Å². The lowest BCUT2D eigenvalue weighted by molar-refractivity contribution is -0.137. The van der Waals surface area contributed by atoms with Gasteiger partial charge in [-0.25, -0.2) is 9.97 Å². The van der Waals surface area contributed by atoms with Crippen LogP contribution in [0.1, 0.15) is 24.0 Å². The highest BCUT2D eigenvalue weighted by molar-refractivity contribution is 7.98. The number of piperazine rings is 1. The van der Waals surface area contributed by atoms with E-state index in [0.29, 0.717) is 11.7 Å². The lowest BCUT2D eigenvalue weighted by Crippen LogP contribution is -2.55. The zero-order chi connectivity index (χ0) is 21.8. The molecule has 0 aliphatic carbocycles. The molecule has 0 spiro atoms. The lowest BCUT2D eigenvalue weighted by Gasteiger charge is -2.44. The van der Waals surface area contributed by atoms with Crippen molar-refractivity contribution < 1.29 is 13.2 Å². The van der Waals surface area contributed by atoms with Crippen molar-refractivity contribution in [2.24, 2.45) is 0 Å². The first kappa shape index (κ1) is 22.4. The second-order valence-corrected chi connectivity index (χ2v) is 8.95. The van der Waals surface area contributed by atoms with Crippen LogP contribution in [0.2, 0.25) is 0 Å². The number of piperidine rings is 1. The maximum atomic E-state index is 13.0. The molecule has 0 amide bonds. The van der Waals surface area contributed by atoms with Gasteiger partial charge in [-0.2, -0.15) is 13.2 Å². The lowest BCUT2D eigenvalue weighted by atomic mass is 10.0. The van der Waals surface area contributed by atoms with E-state index in [4.69, 9.17) is 0 Å². The van der Waals surface area contributed by atoms with Crippen LogP contribution >= 0.6 is 11.8 Å². The summed E-state index contributed by atoms with van der Waals surface area (Å²) >= 11 is 1.54. The molecule has 0 unspecified atom stereocenters. The number of aromatic nitrogens is 2. The average Bonchev–Trinajstić information content (AvgIpc) is 2.79. The number of thioether (sulfide) groups is 1. The Morgan fingerprint density at radius 1 is 1.06 bits per heavy atom. The summed E-state index contributed by atoms with van der Waals surface area (Å²) in [5.74, 6) is 0. The van der Waals surface area contributed by atoms with Crippen molar-refractivity contribution in [3.05, 3.63) is 47.8 Å². The first-order valence-electron chi connectivity index (χ1n) is 10.7. The number of nitrogens with zero attached hydrogens (tertiary/aromatic N) is 5. The molecule has 1 atom stereocenters. The van der Waals surface area contributed by atoms with Crippen molar-refractivity contribution in [2.45, 2.75) is 36.8 Å². The van der Waals surface area contributed by atoms with Crippen LogP contribution in [0.5, 0.6) is 0 Å². The predicted octanol–water partition coefficient (Wildman–Crippen LogP) is 4.00. The Labute approximate surface area is 185 Å². The van der Waals surface area contributed by atoms with E-state index in [0.717, 1.165) is 69.0 Å². The summed E-state index contributed by atoms with van der Waals surface area (Å²) in [4.78, 5) is 15.8. The van der Waals surface area contributed by atoms with E-state index < -0.39 is 11.7 Å². The SMILES string of the molecule is CSc1ncc(CN2CCC[C@H](N3CCN(c4cccc(C(F)(F)F)c4)CC3)C2)cn1. The third kappa shape index (κ3) is 5.70. The summed E-state index contributed by atoms with van der Waals surface area (Å²) in [5.41, 5.74) is 1.21. The zero-order valence-electron chi connectivity index (χ0n) is 17.7. The van der Waals surface area contributed by atoms with Crippen LogP contribution in [0.15, 0.2) is 41.8 Å². The smallest absolute Gasteiger partial charge is 0.369 e. The van der Waals surface area contributed by atoms with Crippen molar-refractivity contribution in [2.75, 3.05) is 50.4 Å². The first-order valence-corrected chi connectivity index (χ1v) is 11.9. The van der Waals surface area contributed by atoms with Crippen LogP contribution in [0.4, 0.5) is 18.9 Å². The topological polar surface area (TPSA) is 35.5 Å². The summed E-state index contributed by atoms with van der Waals surface area (Å²) in [6.45, 7) is 6.19. The van der Waals surface area contributed by atoms with Gasteiger partial charge in [-0.3, -0.25) is 9.80 Å². The summed E-state index contributed by atoms with van der Waals surface area (Å²) in [7, 11) is 0. The van der Waals surface area contributed by atoms with E-state index >= 15 is 0 Å². The molecule has 4 rings (SSSR count). The zero-order valence-corrected chi connectivity index (χ0v) is 18.5. The largest absolute Gasteiger partial charge is 0.416 e. The molecule has 0 radical (unpaired) electrons. The molecule has 3 heterocycles. The standard InChI is InChI=1S/C22H28F3N5S/c1-31-21-26-13-17(14-27-21)15-28-7-3-6-20(16-28)30-10-8-29(9-11-30)19-5-2-4-18(12-19)22(23,24)25/h2,4-5,12-14,20H,3,6-11,15-16H2,1H3/t20-/m0/s1. The van der Waals surface area contributed by atoms with E-state index in [-0.39, 0.29) is 0 Å². The van der Waals surface area contributed by atoms with Crippen LogP contribution in [-0.4, -0.2) is 71.3 Å². The van der Waals surface area contributed by atoms with Gasteiger partial charge in [0.1, 0.15) is 0 Å². The third-order valence-electron chi connectivity index (χ3n) is 6.12. The fourth-order valence-corrected chi connectivity index (χ4v) is 4.80. The second kappa shape index (κ2) is 9.75.